The molecule has 2 rings (SSSR count). The largest absolute Gasteiger partial charge is 0.477 e. The highest BCUT2D eigenvalue weighted by Gasteiger charge is 2.18. The molecule has 0 radical (unpaired) electrons. The zero-order valence-electron chi connectivity index (χ0n) is 9.44. The van der Waals surface area contributed by atoms with Crippen molar-refractivity contribution < 1.29 is 14.3 Å². The quantitative estimate of drug-likeness (QED) is 0.867. The molecule has 17 heavy (non-hydrogen) atoms. The van der Waals surface area contributed by atoms with E-state index in [1.807, 2.05) is 0 Å². The maximum absolute atomic E-state index is 12.8. The first-order valence-corrected chi connectivity index (χ1v) is 5.06. The molecule has 1 heterocycles. The van der Waals surface area contributed by atoms with Gasteiger partial charge in [-0.2, -0.15) is 0 Å². The van der Waals surface area contributed by atoms with Gasteiger partial charge in [-0.15, -0.1) is 0 Å². The van der Waals surface area contributed by atoms with E-state index in [-0.39, 0.29) is 11.5 Å². The van der Waals surface area contributed by atoms with Gasteiger partial charge in [0.1, 0.15) is 11.6 Å². The molecular weight excluding hydrogens is 223 g/mol. The van der Waals surface area contributed by atoms with Crippen LogP contribution in [0.3, 0.4) is 0 Å². The van der Waals surface area contributed by atoms with Gasteiger partial charge in [-0.1, -0.05) is 0 Å². The van der Waals surface area contributed by atoms with Gasteiger partial charge < -0.3 is 5.11 Å². The predicted molar refractivity (Wildman–Crippen MR) is 60.0 cm³/mol. The molecule has 0 spiro atoms. The second kappa shape index (κ2) is 4.01. The lowest BCUT2D eigenvalue weighted by Gasteiger charge is -2.07. The van der Waals surface area contributed by atoms with Crippen LogP contribution < -0.4 is 0 Å². The van der Waals surface area contributed by atoms with Gasteiger partial charge in [-0.25, -0.2) is 14.2 Å². The molecule has 0 fully saturated rings. The summed E-state index contributed by atoms with van der Waals surface area (Å²) in [5.74, 6) is -0.848. The van der Waals surface area contributed by atoms with E-state index in [0.29, 0.717) is 17.2 Å². The molecule has 2 aromatic rings. The smallest absolute Gasteiger partial charge is 0.354 e. The topological polar surface area (TPSA) is 55.1 Å². The highest BCUT2D eigenvalue weighted by atomic mass is 19.1. The van der Waals surface area contributed by atoms with Crippen LogP contribution in [0, 0.1) is 19.7 Å². The van der Waals surface area contributed by atoms with Crippen molar-refractivity contribution in [3.63, 3.8) is 0 Å². The second-order valence-corrected chi connectivity index (χ2v) is 3.71. The molecule has 1 N–H and O–H groups in total. The Morgan fingerprint density at radius 3 is 2.41 bits per heavy atom. The number of nitrogens with zero attached hydrogens (tertiary/aromatic N) is 2. The average molecular weight is 234 g/mol. The minimum atomic E-state index is -1.05. The van der Waals surface area contributed by atoms with Crippen LogP contribution in [-0.4, -0.2) is 20.6 Å². The van der Waals surface area contributed by atoms with E-state index in [1.54, 1.807) is 13.8 Å². The SMILES string of the molecule is Cc1nc(C)n(-c2ccc(F)cc2)c1C(=O)O. The van der Waals surface area contributed by atoms with E-state index in [2.05, 4.69) is 4.98 Å². The fourth-order valence-electron chi connectivity index (χ4n) is 1.83. The van der Waals surface area contributed by atoms with Crippen LogP contribution in [0.25, 0.3) is 5.69 Å². The number of halogens is 1. The first-order chi connectivity index (χ1) is 8.00. The molecule has 0 aliphatic carbocycles. The van der Waals surface area contributed by atoms with Crippen LogP contribution in [0.5, 0.6) is 0 Å². The minimum Gasteiger partial charge on any atom is -0.477 e. The summed E-state index contributed by atoms with van der Waals surface area (Å²) in [4.78, 5) is 15.3. The lowest BCUT2D eigenvalue weighted by Crippen LogP contribution is -2.09. The molecule has 88 valence electrons. The molecule has 1 aromatic heterocycles. The van der Waals surface area contributed by atoms with Gasteiger partial charge in [0, 0.05) is 5.69 Å². The Bertz CT molecular complexity index is 573. The van der Waals surface area contributed by atoms with Crippen molar-refractivity contribution in [2.45, 2.75) is 13.8 Å². The third-order valence-corrected chi connectivity index (χ3v) is 2.51. The maximum atomic E-state index is 12.8. The van der Waals surface area contributed by atoms with Crippen LogP contribution in [0.1, 0.15) is 22.0 Å². The molecular formula is C12H11FN2O2. The number of hydrogen-bond acceptors (Lipinski definition) is 2. The monoisotopic (exact) mass is 234 g/mol. The Balaban J connectivity index is 2.66. The van der Waals surface area contributed by atoms with Gasteiger partial charge in [0.25, 0.3) is 0 Å². The summed E-state index contributed by atoms with van der Waals surface area (Å²) >= 11 is 0. The summed E-state index contributed by atoms with van der Waals surface area (Å²) in [5.41, 5.74) is 1.13. The van der Waals surface area contributed by atoms with Crippen LogP contribution in [0.4, 0.5) is 4.39 Å². The molecule has 0 aliphatic rings. The van der Waals surface area contributed by atoms with Crippen molar-refractivity contribution in [2.75, 3.05) is 0 Å². The van der Waals surface area contributed by atoms with Crippen LogP contribution in [-0.2, 0) is 0 Å². The summed E-state index contributed by atoms with van der Waals surface area (Å²) in [7, 11) is 0. The Kier molecular flexibility index (Phi) is 2.67. The second-order valence-electron chi connectivity index (χ2n) is 3.71. The first-order valence-electron chi connectivity index (χ1n) is 5.06. The lowest BCUT2D eigenvalue weighted by molar-refractivity contribution is 0.0687. The predicted octanol–water partition coefficient (Wildman–Crippen LogP) is 2.33. The van der Waals surface area contributed by atoms with Crippen molar-refractivity contribution in [3.8, 4) is 5.69 Å². The third kappa shape index (κ3) is 1.91. The highest BCUT2D eigenvalue weighted by Crippen LogP contribution is 2.18. The van der Waals surface area contributed by atoms with E-state index in [0.717, 1.165) is 0 Å². The number of aromatic carboxylic acids is 1. The summed E-state index contributed by atoms with van der Waals surface area (Å²) in [6, 6.07) is 5.62. The number of hydrogen-bond donors (Lipinski definition) is 1. The van der Waals surface area contributed by atoms with Crippen LogP contribution in [0.2, 0.25) is 0 Å². The summed E-state index contributed by atoms with van der Waals surface area (Å²) in [6.07, 6.45) is 0. The molecule has 4 nitrogen and oxygen atoms in total. The molecule has 0 saturated heterocycles. The molecule has 0 saturated carbocycles. The average Bonchev–Trinajstić information content (AvgIpc) is 2.55. The number of carbonyl (C=O) groups is 1. The highest BCUT2D eigenvalue weighted by molar-refractivity contribution is 5.88. The molecule has 0 aliphatic heterocycles. The van der Waals surface area contributed by atoms with E-state index in [4.69, 9.17) is 5.11 Å². The van der Waals surface area contributed by atoms with Crippen molar-refractivity contribution in [3.05, 3.63) is 47.3 Å². The van der Waals surface area contributed by atoms with E-state index in [9.17, 15) is 9.18 Å². The van der Waals surface area contributed by atoms with Gasteiger partial charge >= 0.3 is 5.97 Å². The number of carboxylic acids is 1. The summed E-state index contributed by atoms with van der Waals surface area (Å²) < 4.78 is 14.3. The van der Waals surface area contributed by atoms with Crippen molar-refractivity contribution >= 4 is 5.97 Å². The lowest BCUT2D eigenvalue weighted by atomic mass is 10.2. The maximum Gasteiger partial charge on any atom is 0.354 e. The number of benzene rings is 1. The number of carboxylic acid groups (broad SMARTS) is 1. The standard InChI is InChI=1S/C12H11FN2O2/c1-7-11(12(16)17)15(8(2)14-7)10-5-3-9(13)4-6-10/h3-6H,1-2H3,(H,16,17). The van der Waals surface area contributed by atoms with Gasteiger partial charge in [0.15, 0.2) is 5.69 Å². The summed E-state index contributed by atoms with van der Waals surface area (Å²) in [5, 5.41) is 9.14. The van der Waals surface area contributed by atoms with Crippen molar-refractivity contribution in [2.24, 2.45) is 0 Å². The zero-order valence-corrected chi connectivity index (χ0v) is 9.44. The number of rotatable bonds is 2. The zero-order chi connectivity index (χ0) is 12.6. The number of imidazole rings is 1. The fraction of sp³-hybridized carbons (Fsp3) is 0.167. The normalized spacial score (nSPS) is 10.5. The third-order valence-electron chi connectivity index (χ3n) is 2.51. The molecule has 0 unspecified atom stereocenters. The number of aromatic nitrogens is 2. The van der Waals surface area contributed by atoms with Gasteiger partial charge in [-0.05, 0) is 38.1 Å². The number of aryl methyl sites for hydroxylation is 2. The Hall–Kier alpha value is -2.17. The van der Waals surface area contributed by atoms with Crippen LogP contribution >= 0.6 is 0 Å². The van der Waals surface area contributed by atoms with Crippen molar-refractivity contribution in [1.82, 2.24) is 9.55 Å². The molecule has 5 heteroatoms. The van der Waals surface area contributed by atoms with E-state index < -0.39 is 5.97 Å². The summed E-state index contributed by atoms with van der Waals surface area (Å²) in [6.45, 7) is 3.35. The first kappa shape index (κ1) is 11.3. The van der Waals surface area contributed by atoms with Gasteiger partial charge in [0.05, 0.1) is 5.69 Å². The molecule has 0 bridgehead atoms. The van der Waals surface area contributed by atoms with E-state index in [1.165, 1.54) is 28.8 Å². The minimum absolute atomic E-state index is 0.106. The van der Waals surface area contributed by atoms with Gasteiger partial charge in [-0.3, -0.25) is 4.57 Å². The van der Waals surface area contributed by atoms with Crippen LogP contribution in [0.15, 0.2) is 24.3 Å². The molecule has 0 amide bonds. The molecule has 1 aromatic carbocycles. The Labute approximate surface area is 97.3 Å². The fourth-order valence-corrected chi connectivity index (χ4v) is 1.83. The Morgan fingerprint density at radius 1 is 1.29 bits per heavy atom. The van der Waals surface area contributed by atoms with E-state index >= 15 is 0 Å². The Morgan fingerprint density at radius 2 is 1.88 bits per heavy atom. The molecule has 0 atom stereocenters. The van der Waals surface area contributed by atoms with Crippen molar-refractivity contribution in [1.29, 1.82) is 0 Å². The van der Waals surface area contributed by atoms with Gasteiger partial charge in [0.2, 0.25) is 0 Å².